The number of halogens is 1. The Kier molecular flexibility index (Phi) is 6.03. The van der Waals surface area contributed by atoms with Crippen molar-refractivity contribution in [2.75, 3.05) is 0 Å². The van der Waals surface area contributed by atoms with Crippen molar-refractivity contribution in [1.82, 2.24) is 0 Å². The smallest absolute Gasteiger partial charge is 0.138 e. The maximum atomic E-state index is 15.8. The Bertz CT molecular complexity index is 2780. The molecular formula is C46H27FS. The fourth-order valence-electron chi connectivity index (χ4n) is 7.91. The molecule has 0 amide bonds. The molecule has 9 aromatic carbocycles. The lowest BCUT2D eigenvalue weighted by molar-refractivity contribution is 0.651. The van der Waals surface area contributed by atoms with Gasteiger partial charge in [-0.15, -0.1) is 11.3 Å². The van der Waals surface area contributed by atoms with E-state index in [0.29, 0.717) is 10.8 Å². The third kappa shape index (κ3) is 3.93. The molecular weight excluding hydrogens is 604 g/mol. The monoisotopic (exact) mass is 630 g/mol. The first-order chi connectivity index (χ1) is 23.8. The first-order valence-electron chi connectivity index (χ1n) is 16.3. The predicted octanol–water partition coefficient (Wildman–Crippen LogP) is 13.8. The predicted molar refractivity (Wildman–Crippen MR) is 206 cm³/mol. The van der Waals surface area contributed by atoms with Crippen LogP contribution in [0, 0.1) is 5.82 Å². The van der Waals surface area contributed by atoms with Gasteiger partial charge in [-0.25, -0.2) is 4.39 Å². The van der Waals surface area contributed by atoms with Gasteiger partial charge in [-0.05, 0) is 77.8 Å². The molecule has 0 unspecified atom stereocenters. The van der Waals surface area contributed by atoms with Crippen molar-refractivity contribution in [3.05, 3.63) is 170 Å². The Hall–Kier alpha value is -5.83. The molecule has 10 aromatic rings. The van der Waals surface area contributed by atoms with Gasteiger partial charge in [0.05, 0.1) is 0 Å². The Balaban J connectivity index is 1.26. The molecule has 0 aliphatic heterocycles. The Morgan fingerprint density at radius 2 is 0.812 bits per heavy atom. The average molecular weight is 631 g/mol. The molecule has 0 aliphatic carbocycles. The Morgan fingerprint density at radius 1 is 0.333 bits per heavy atom. The van der Waals surface area contributed by atoms with Gasteiger partial charge in [0.25, 0.3) is 0 Å². The highest BCUT2D eigenvalue weighted by atomic mass is 32.1. The van der Waals surface area contributed by atoms with E-state index in [-0.39, 0.29) is 5.82 Å². The zero-order chi connectivity index (χ0) is 31.8. The van der Waals surface area contributed by atoms with Crippen LogP contribution in [0.15, 0.2) is 164 Å². The van der Waals surface area contributed by atoms with Gasteiger partial charge in [-0.2, -0.15) is 0 Å². The van der Waals surface area contributed by atoms with Gasteiger partial charge in [0.1, 0.15) is 5.82 Å². The second-order valence-corrected chi connectivity index (χ2v) is 13.6. The van der Waals surface area contributed by atoms with Crippen LogP contribution in [0.5, 0.6) is 0 Å². The lowest BCUT2D eigenvalue weighted by Crippen LogP contribution is -1.91. The standard InChI is InChI=1S/C46H27FS/c47-46-36-21-10-8-19-34(36)44(35-20-9-11-22-37(35)46)39-23-12-24-40-45(39)38-26-25-29(27-41(38)48-40)43-32-17-6-4-15-30(32)42(28-13-2-1-3-14-28)31-16-5-7-18-33(31)43/h1-27H. The summed E-state index contributed by atoms with van der Waals surface area (Å²) in [6.45, 7) is 0. The molecule has 1 heterocycles. The summed E-state index contributed by atoms with van der Waals surface area (Å²) in [6, 6.07) is 57.7. The number of rotatable bonds is 3. The zero-order valence-electron chi connectivity index (χ0n) is 25.9. The maximum Gasteiger partial charge on any atom is 0.138 e. The van der Waals surface area contributed by atoms with E-state index in [0.717, 1.165) is 21.9 Å². The minimum atomic E-state index is -0.158. The lowest BCUT2D eigenvalue weighted by Gasteiger charge is -2.17. The van der Waals surface area contributed by atoms with E-state index < -0.39 is 0 Å². The summed E-state index contributed by atoms with van der Waals surface area (Å²) in [4.78, 5) is 0. The minimum Gasteiger partial charge on any atom is -0.206 e. The second kappa shape index (κ2) is 10.6. The second-order valence-electron chi connectivity index (χ2n) is 12.5. The molecule has 48 heavy (non-hydrogen) atoms. The fraction of sp³-hybridized carbons (Fsp3) is 0. The van der Waals surface area contributed by atoms with Crippen LogP contribution < -0.4 is 0 Å². The number of hydrogen-bond donors (Lipinski definition) is 0. The van der Waals surface area contributed by atoms with Crippen LogP contribution in [0.4, 0.5) is 4.39 Å². The third-order valence-electron chi connectivity index (χ3n) is 9.91. The molecule has 0 atom stereocenters. The highest BCUT2D eigenvalue weighted by Gasteiger charge is 2.20. The fourth-order valence-corrected chi connectivity index (χ4v) is 9.08. The number of benzene rings is 9. The van der Waals surface area contributed by atoms with E-state index in [1.165, 1.54) is 64.0 Å². The van der Waals surface area contributed by atoms with Crippen molar-refractivity contribution < 1.29 is 4.39 Å². The number of hydrogen-bond acceptors (Lipinski definition) is 1. The molecule has 0 bridgehead atoms. The van der Waals surface area contributed by atoms with E-state index in [1.54, 1.807) is 0 Å². The van der Waals surface area contributed by atoms with Crippen molar-refractivity contribution in [3.8, 4) is 33.4 Å². The first-order valence-corrected chi connectivity index (χ1v) is 17.1. The van der Waals surface area contributed by atoms with Gasteiger partial charge in [-0.3, -0.25) is 0 Å². The van der Waals surface area contributed by atoms with E-state index in [1.807, 2.05) is 47.7 Å². The molecule has 0 fully saturated rings. The third-order valence-corrected chi connectivity index (χ3v) is 11.0. The number of thiophene rings is 1. The minimum absolute atomic E-state index is 0.158. The highest BCUT2D eigenvalue weighted by molar-refractivity contribution is 7.26. The summed E-state index contributed by atoms with van der Waals surface area (Å²) in [5, 5.41) is 10.6. The molecule has 0 nitrogen and oxygen atoms in total. The van der Waals surface area contributed by atoms with Gasteiger partial charge < -0.3 is 0 Å². The normalized spacial score (nSPS) is 11.9. The Labute approximate surface area is 280 Å². The van der Waals surface area contributed by atoms with E-state index >= 15 is 4.39 Å². The summed E-state index contributed by atoms with van der Waals surface area (Å²) < 4.78 is 18.3. The summed E-state index contributed by atoms with van der Waals surface area (Å²) in [7, 11) is 0. The van der Waals surface area contributed by atoms with Crippen LogP contribution in [0.25, 0.3) is 96.6 Å². The maximum absolute atomic E-state index is 15.8. The molecule has 0 spiro atoms. The molecule has 0 saturated carbocycles. The molecule has 0 aliphatic rings. The average Bonchev–Trinajstić information content (AvgIpc) is 3.53. The molecule has 1 aromatic heterocycles. The van der Waals surface area contributed by atoms with Crippen molar-refractivity contribution in [2.45, 2.75) is 0 Å². The SMILES string of the molecule is Fc1c2ccccc2c(-c2cccc3sc4cc(-c5c6ccccc6c(-c6ccccc6)c6ccccc56)ccc4c23)c2ccccc12. The number of fused-ring (bicyclic) bond motifs is 7. The van der Waals surface area contributed by atoms with Gasteiger partial charge in [0.15, 0.2) is 0 Å². The van der Waals surface area contributed by atoms with Crippen molar-refractivity contribution in [1.29, 1.82) is 0 Å². The van der Waals surface area contributed by atoms with Crippen LogP contribution in [0.1, 0.15) is 0 Å². The van der Waals surface area contributed by atoms with Crippen molar-refractivity contribution in [2.24, 2.45) is 0 Å². The molecule has 10 rings (SSSR count). The van der Waals surface area contributed by atoms with Crippen molar-refractivity contribution in [3.63, 3.8) is 0 Å². The Morgan fingerprint density at radius 3 is 1.38 bits per heavy atom. The highest BCUT2D eigenvalue weighted by Crippen LogP contribution is 2.48. The van der Waals surface area contributed by atoms with E-state index in [4.69, 9.17) is 0 Å². The van der Waals surface area contributed by atoms with Gasteiger partial charge in [-0.1, -0.05) is 152 Å². The summed E-state index contributed by atoms with van der Waals surface area (Å²) in [5.41, 5.74) is 7.20. The van der Waals surface area contributed by atoms with Crippen molar-refractivity contribution >= 4 is 74.6 Å². The van der Waals surface area contributed by atoms with Crippen LogP contribution in [0.2, 0.25) is 0 Å². The topological polar surface area (TPSA) is 0 Å². The molecule has 224 valence electrons. The first kappa shape index (κ1) is 27.3. The molecule has 2 heteroatoms. The lowest BCUT2D eigenvalue weighted by atomic mass is 9.85. The van der Waals surface area contributed by atoms with Crippen LogP contribution >= 0.6 is 11.3 Å². The van der Waals surface area contributed by atoms with Gasteiger partial charge in [0, 0.05) is 30.9 Å². The summed E-state index contributed by atoms with van der Waals surface area (Å²) >= 11 is 1.83. The van der Waals surface area contributed by atoms with Crippen LogP contribution in [0.3, 0.4) is 0 Å². The summed E-state index contributed by atoms with van der Waals surface area (Å²) in [6.07, 6.45) is 0. The molecule has 0 N–H and O–H groups in total. The van der Waals surface area contributed by atoms with E-state index in [9.17, 15) is 0 Å². The zero-order valence-corrected chi connectivity index (χ0v) is 26.7. The molecule has 0 saturated heterocycles. The quantitative estimate of drug-likeness (QED) is 0.170. The van der Waals surface area contributed by atoms with E-state index in [2.05, 4.69) is 127 Å². The largest absolute Gasteiger partial charge is 0.206 e. The van der Waals surface area contributed by atoms with Crippen LogP contribution in [-0.2, 0) is 0 Å². The van der Waals surface area contributed by atoms with Crippen LogP contribution in [-0.4, -0.2) is 0 Å². The van der Waals surface area contributed by atoms with Gasteiger partial charge >= 0.3 is 0 Å². The van der Waals surface area contributed by atoms with Gasteiger partial charge in [0.2, 0.25) is 0 Å². The molecule has 0 radical (unpaired) electrons. The summed E-state index contributed by atoms with van der Waals surface area (Å²) in [5.74, 6) is -0.158.